The Hall–Kier alpha value is -2.69. The number of para-hydroxylation sites is 1. The lowest BCUT2D eigenvalue weighted by molar-refractivity contribution is 0.856. The van der Waals surface area contributed by atoms with Gasteiger partial charge in [0.15, 0.2) is 0 Å². The predicted molar refractivity (Wildman–Crippen MR) is 74.5 cm³/mol. The molecular formula is C14H12N4O. The van der Waals surface area contributed by atoms with Crippen LogP contribution in [0.5, 0.6) is 0 Å². The van der Waals surface area contributed by atoms with Crippen molar-refractivity contribution in [2.24, 2.45) is 7.05 Å². The molecule has 19 heavy (non-hydrogen) atoms. The highest BCUT2D eigenvalue weighted by atomic mass is 16.1. The molecule has 0 bridgehead atoms. The third-order valence-corrected chi connectivity index (χ3v) is 2.90. The lowest BCUT2D eigenvalue weighted by Crippen LogP contribution is -2.21. The highest BCUT2D eigenvalue weighted by Gasteiger charge is 2.07. The minimum atomic E-state index is -0.0722. The Labute approximate surface area is 109 Å². The number of hydrogen-bond acceptors (Lipinski definition) is 4. The lowest BCUT2D eigenvalue weighted by atomic mass is 10.2. The van der Waals surface area contributed by atoms with Crippen molar-refractivity contribution in [3.05, 3.63) is 59.1 Å². The van der Waals surface area contributed by atoms with Crippen LogP contribution >= 0.6 is 0 Å². The van der Waals surface area contributed by atoms with Crippen LogP contribution in [-0.2, 0) is 7.05 Å². The molecule has 2 heterocycles. The van der Waals surface area contributed by atoms with Gasteiger partial charge in [-0.25, -0.2) is 4.98 Å². The molecule has 0 saturated carbocycles. The Morgan fingerprint density at radius 2 is 2.00 bits per heavy atom. The zero-order valence-corrected chi connectivity index (χ0v) is 10.4. The van der Waals surface area contributed by atoms with E-state index >= 15 is 0 Å². The van der Waals surface area contributed by atoms with E-state index in [1.165, 1.54) is 4.57 Å². The topological polar surface area (TPSA) is 59.8 Å². The van der Waals surface area contributed by atoms with Crippen molar-refractivity contribution < 1.29 is 0 Å². The third-order valence-electron chi connectivity index (χ3n) is 2.90. The molecule has 3 rings (SSSR count). The number of anilines is 2. The predicted octanol–water partition coefficient (Wildman–Crippen LogP) is 2.07. The molecule has 2 aromatic heterocycles. The minimum Gasteiger partial charge on any atom is -0.324 e. The van der Waals surface area contributed by atoms with Crippen LogP contribution in [0.1, 0.15) is 0 Å². The molecule has 1 aromatic carbocycles. The van der Waals surface area contributed by atoms with Gasteiger partial charge in [0.25, 0.3) is 5.56 Å². The molecule has 3 aromatic rings. The van der Waals surface area contributed by atoms with Gasteiger partial charge in [0.2, 0.25) is 5.95 Å². The van der Waals surface area contributed by atoms with E-state index in [0.717, 1.165) is 5.69 Å². The van der Waals surface area contributed by atoms with E-state index < -0.39 is 0 Å². The van der Waals surface area contributed by atoms with Crippen LogP contribution in [0.25, 0.3) is 10.9 Å². The van der Waals surface area contributed by atoms with Gasteiger partial charge in [0.05, 0.1) is 22.8 Å². The van der Waals surface area contributed by atoms with Gasteiger partial charge in [-0.3, -0.25) is 14.3 Å². The highest BCUT2D eigenvalue weighted by Crippen LogP contribution is 2.14. The van der Waals surface area contributed by atoms with Gasteiger partial charge in [-0.15, -0.1) is 0 Å². The molecular weight excluding hydrogens is 240 g/mol. The van der Waals surface area contributed by atoms with Gasteiger partial charge in [-0.1, -0.05) is 12.1 Å². The number of benzene rings is 1. The standard InChI is InChI=1S/C14H12N4O/c1-18-13(19)11-6-2-3-7-12(11)17-14(18)16-10-5-4-8-15-9-10/h2-9H,1H3,(H,16,17). The molecule has 0 fully saturated rings. The fraction of sp³-hybridized carbons (Fsp3) is 0.0714. The van der Waals surface area contributed by atoms with Gasteiger partial charge < -0.3 is 5.32 Å². The van der Waals surface area contributed by atoms with E-state index in [-0.39, 0.29) is 5.56 Å². The lowest BCUT2D eigenvalue weighted by Gasteiger charge is -2.10. The maximum Gasteiger partial charge on any atom is 0.262 e. The van der Waals surface area contributed by atoms with Crippen molar-refractivity contribution in [3.63, 3.8) is 0 Å². The van der Waals surface area contributed by atoms with Crippen LogP contribution in [-0.4, -0.2) is 14.5 Å². The largest absolute Gasteiger partial charge is 0.324 e. The van der Waals surface area contributed by atoms with Gasteiger partial charge in [0.1, 0.15) is 0 Å². The second kappa shape index (κ2) is 4.53. The summed E-state index contributed by atoms with van der Waals surface area (Å²) in [7, 11) is 1.69. The van der Waals surface area contributed by atoms with Gasteiger partial charge >= 0.3 is 0 Å². The Balaban J connectivity index is 2.14. The minimum absolute atomic E-state index is 0.0722. The molecule has 0 radical (unpaired) electrons. The summed E-state index contributed by atoms with van der Waals surface area (Å²) in [6.45, 7) is 0. The normalized spacial score (nSPS) is 10.6. The zero-order valence-electron chi connectivity index (χ0n) is 10.4. The number of aromatic nitrogens is 3. The van der Waals surface area contributed by atoms with Gasteiger partial charge in [-0.2, -0.15) is 0 Å². The van der Waals surface area contributed by atoms with Crippen LogP contribution in [0.4, 0.5) is 11.6 Å². The Bertz CT molecular complexity index is 780. The first-order valence-corrected chi connectivity index (χ1v) is 5.88. The molecule has 5 heteroatoms. The molecule has 0 aliphatic carbocycles. The second-order valence-corrected chi connectivity index (χ2v) is 4.18. The molecule has 0 unspecified atom stereocenters. The molecule has 0 atom stereocenters. The second-order valence-electron chi connectivity index (χ2n) is 4.18. The van der Waals surface area contributed by atoms with Crippen LogP contribution < -0.4 is 10.9 Å². The van der Waals surface area contributed by atoms with Gasteiger partial charge in [0, 0.05) is 13.2 Å². The third kappa shape index (κ3) is 2.06. The van der Waals surface area contributed by atoms with E-state index in [1.54, 1.807) is 25.5 Å². The Kier molecular flexibility index (Phi) is 2.72. The van der Waals surface area contributed by atoms with Crippen LogP contribution in [0.15, 0.2) is 53.6 Å². The number of rotatable bonds is 2. The summed E-state index contributed by atoms with van der Waals surface area (Å²) in [5, 5.41) is 3.71. The molecule has 94 valence electrons. The molecule has 0 aliphatic rings. The number of pyridine rings is 1. The maximum absolute atomic E-state index is 12.2. The van der Waals surface area contributed by atoms with Crippen molar-refractivity contribution in [2.45, 2.75) is 0 Å². The number of hydrogen-bond donors (Lipinski definition) is 1. The van der Waals surface area contributed by atoms with E-state index in [1.807, 2.05) is 30.3 Å². The first-order valence-electron chi connectivity index (χ1n) is 5.88. The molecule has 0 amide bonds. The van der Waals surface area contributed by atoms with E-state index in [4.69, 9.17) is 0 Å². The van der Waals surface area contributed by atoms with Crippen molar-refractivity contribution >= 4 is 22.5 Å². The summed E-state index contributed by atoms with van der Waals surface area (Å²) in [5.41, 5.74) is 1.40. The summed E-state index contributed by atoms with van der Waals surface area (Å²) >= 11 is 0. The zero-order chi connectivity index (χ0) is 13.2. The molecule has 0 saturated heterocycles. The summed E-state index contributed by atoms with van der Waals surface area (Å²) in [6, 6.07) is 11.0. The van der Waals surface area contributed by atoms with Gasteiger partial charge in [-0.05, 0) is 24.3 Å². The fourth-order valence-corrected chi connectivity index (χ4v) is 1.90. The van der Waals surface area contributed by atoms with Crippen LogP contribution in [0.2, 0.25) is 0 Å². The number of fused-ring (bicyclic) bond motifs is 1. The molecule has 1 N–H and O–H groups in total. The summed E-state index contributed by atoms with van der Waals surface area (Å²) < 4.78 is 1.50. The van der Waals surface area contributed by atoms with E-state index in [0.29, 0.717) is 16.9 Å². The Morgan fingerprint density at radius 1 is 1.16 bits per heavy atom. The van der Waals surface area contributed by atoms with Crippen LogP contribution in [0, 0.1) is 0 Å². The van der Waals surface area contributed by atoms with E-state index in [2.05, 4.69) is 15.3 Å². The summed E-state index contributed by atoms with van der Waals surface area (Å²) in [6.07, 6.45) is 3.37. The highest BCUT2D eigenvalue weighted by molar-refractivity contribution is 5.79. The Morgan fingerprint density at radius 3 is 2.79 bits per heavy atom. The quantitative estimate of drug-likeness (QED) is 0.758. The van der Waals surface area contributed by atoms with Crippen molar-refractivity contribution in [2.75, 3.05) is 5.32 Å². The SMILES string of the molecule is Cn1c(Nc2cccnc2)nc2ccccc2c1=O. The molecule has 0 aliphatic heterocycles. The monoisotopic (exact) mass is 252 g/mol. The summed E-state index contributed by atoms with van der Waals surface area (Å²) in [5.74, 6) is 0.497. The average Bonchev–Trinajstić information content (AvgIpc) is 2.46. The fourth-order valence-electron chi connectivity index (χ4n) is 1.90. The number of nitrogens with one attached hydrogen (secondary N) is 1. The first-order chi connectivity index (χ1) is 9.25. The number of nitrogens with zero attached hydrogens (tertiary/aromatic N) is 3. The molecule has 0 spiro atoms. The van der Waals surface area contributed by atoms with Crippen LogP contribution in [0.3, 0.4) is 0 Å². The maximum atomic E-state index is 12.2. The smallest absolute Gasteiger partial charge is 0.262 e. The van der Waals surface area contributed by atoms with Crippen molar-refractivity contribution in [1.82, 2.24) is 14.5 Å². The average molecular weight is 252 g/mol. The summed E-state index contributed by atoms with van der Waals surface area (Å²) in [4.78, 5) is 20.7. The first kappa shape index (κ1) is 11.4. The van der Waals surface area contributed by atoms with E-state index in [9.17, 15) is 4.79 Å². The van der Waals surface area contributed by atoms with Crippen molar-refractivity contribution in [1.29, 1.82) is 0 Å². The molecule has 5 nitrogen and oxygen atoms in total. The van der Waals surface area contributed by atoms with Crippen molar-refractivity contribution in [3.8, 4) is 0 Å².